The lowest BCUT2D eigenvalue weighted by molar-refractivity contribution is -0.0309. The monoisotopic (exact) mass is 644 g/mol. The van der Waals surface area contributed by atoms with Crippen molar-refractivity contribution in [1.29, 1.82) is 0 Å². The molecule has 3 aliphatic rings. The minimum Gasteiger partial charge on any atom is -0.487 e. The van der Waals surface area contributed by atoms with E-state index in [1.165, 1.54) is 5.56 Å². The molecule has 1 amide bonds. The number of sulfonamides is 1. The van der Waals surface area contributed by atoms with Crippen LogP contribution >= 0.6 is 11.6 Å². The zero-order valence-electron chi connectivity index (χ0n) is 26.0. The van der Waals surface area contributed by atoms with Gasteiger partial charge in [0.2, 0.25) is 10.0 Å². The lowest BCUT2D eigenvalue weighted by Crippen LogP contribution is -2.44. The Labute approximate surface area is 267 Å². The van der Waals surface area contributed by atoms with Crippen LogP contribution in [0.4, 0.5) is 5.69 Å². The summed E-state index contributed by atoms with van der Waals surface area (Å²) in [6.45, 7) is 6.59. The maximum absolute atomic E-state index is 13.4. The van der Waals surface area contributed by atoms with Crippen molar-refractivity contribution in [3.05, 3.63) is 70.3 Å². The molecule has 0 unspecified atom stereocenters. The summed E-state index contributed by atoms with van der Waals surface area (Å²) < 4.78 is 46.8. The van der Waals surface area contributed by atoms with Crippen molar-refractivity contribution in [2.24, 2.45) is 17.8 Å². The lowest BCUT2D eigenvalue weighted by atomic mass is 9.70. The average molecular weight is 645 g/mol. The van der Waals surface area contributed by atoms with Crippen molar-refractivity contribution >= 4 is 33.2 Å². The second-order valence-corrected chi connectivity index (χ2v) is 15.0. The molecule has 10 heteroatoms. The van der Waals surface area contributed by atoms with Gasteiger partial charge in [0.05, 0.1) is 30.3 Å². The molecule has 0 radical (unpaired) electrons. The van der Waals surface area contributed by atoms with Crippen LogP contribution in [0.1, 0.15) is 67.4 Å². The number of aryl methyl sites for hydroxylation is 1. The second kappa shape index (κ2) is 14.7. The Bertz CT molecular complexity index is 1450. The van der Waals surface area contributed by atoms with Gasteiger partial charge in [-0.05, 0) is 105 Å². The SMILES string of the molecule is COCCO[C@H]1/C=C/[C@@H](C)C[C@@H](C)S(=O)(=O)NC(=O)c2ccc3c(c2)N(CCCCc2cc(Cl)ccc2CO3)C[C@@H]2CC[C@H]21. The van der Waals surface area contributed by atoms with E-state index < -0.39 is 21.2 Å². The van der Waals surface area contributed by atoms with E-state index >= 15 is 0 Å². The third-order valence-electron chi connectivity index (χ3n) is 9.29. The number of halogens is 1. The minimum atomic E-state index is -3.90. The highest BCUT2D eigenvalue weighted by Crippen LogP contribution is 2.42. The maximum atomic E-state index is 13.4. The predicted molar refractivity (Wildman–Crippen MR) is 174 cm³/mol. The van der Waals surface area contributed by atoms with Crippen molar-refractivity contribution in [1.82, 2.24) is 4.72 Å². The van der Waals surface area contributed by atoms with E-state index in [1.807, 2.05) is 25.1 Å². The Morgan fingerprint density at radius 2 is 1.89 bits per heavy atom. The van der Waals surface area contributed by atoms with Gasteiger partial charge < -0.3 is 19.1 Å². The third kappa shape index (κ3) is 7.97. The van der Waals surface area contributed by atoms with E-state index in [0.29, 0.717) is 54.4 Å². The molecule has 2 aliphatic heterocycles. The van der Waals surface area contributed by atoms with Gasteiger partial charge in [-0.2, -0.15) is 0 Å². The van der Waals surface area contributed by atoms with Crippen LogP contribution in [0.2, 0.25) is 5.02 Å². The van der Waals surface area contributed by atoms with Crippen molar-refractivity contribution in [2.45, 2.75) is 70.3 Å². The molecule has 8 nitrogen and oxygen atoms in total. The Morgan fingerprint density at radius 3 is 2.66 bits per heavy atom. The van der Waals surface area contributed by atoms with Gasteiger partial charge >= 0.3 is 0 Å². The molecule has 2 aromatic carbocycles. The topological polar surface area (TPSA) is 94.2 Å². The largest absolute Gasteiger partial charge is 0.487 e. The van der Waals surface area contributed by atoms with Gasteiger partial charge in [-0.25, -0.2) is 13.1 Å². The Hall–Kier alpha value is -2.59. The van der Waals surface area contributed by atoms with Crippen LogP contribution in [0.15, 0.2) is 48.6 Å². The zero-order chi connectivity index (χ0) is 31.3. The highest BCUT2D eigenvalue weighted by molar-refractivity contribution is 7.90. The summed E-state index contributed by atoms with van der Waals surface area (Å²) in [4.78, 5) is 15.7. The first-order valence-corrected chi connectivity index (χ1v) is 17.7. The first-order chi connectivity index (χ1) is 21.1. The average Bonchev–Trinajstić information content (AvgIpc) is 3.00. The van der Waals surface area contributed by atoms with Crippen LogP contribution in [0, 0.1) is 17.8 Å². The summed E-state index contributed by atoms with van der Waals surface area (Å²) in [7, 11) is -2.23. The van der Waals surface area contributed by atoms with Crippen molar-refractivity contribution in [3.8, 4) is 5.75 Å². The Kier molecular flexibility index (Phi) is 10.9. The number of allylic oxidation sites excluding steroid dienone is 1. The molecule has 0 aromatic heterocycles. The highest BCUT2D eigenvalue weighted by atomic mass is 35.5. The molecule has 2 aromatic rings. The standard InChI is InChI=1S/C34H45ClN2O6S/c1-23-7-13-32(42-17-16-41-3)30-12-9-27(30)21-37-15-5-4-6-25-19-29(35)11-8-28(25)22-43-33-14-10-26(20-31(33)37)34(38)36-44(39,40)24(2)18-23/h7-8,10-11,13-14,19-20,23-24,27,30,32H,4-6,9,12,15-18,21-22H2,1-3H3,(H,36,38)/b13-7+/t23-,24-,27+,30-,32+/m1/s1. The minimum absolute atomic E-state index is 0.00958. The van der Waals surface area contributed by atoms with Crippen LogP contribution in [-0.2, 0) is 32.5 Å². The number of hydrogen-bond acceptors (Lipinski definition) is 7. The molecule has 2 bridgehead atoms. The predicted octanol–water partition coefficient (Wildman–Crippen LogP) is 6.16. The molecule has 1 N–H and O–H groups in total. The quantitative estimate of drug-likeness (QED) is 0.315. The number of nitrogens with one attached hydrogen (secondary N) is 1. The van der Waals surface area contributed by atoms with Gasteiger partial charge in [0.15, 0.2) is 0 Å². The second-order valence-electron chi connectivity index (χ2n) is 12.5. The van der Waals surface area contributed by atoms with Gasteiger partial charge in [0.25, 0.3) is 5.91 Å². The van der Waals surface area contributed by atoms with Crippen LogP contribution in [0.5, 0.6) is 5.75 Å². The molecule has 1 aliphatic carbocycles. The molecular weight excluding hydrogens is 600 g/mol. The lowest BCUT2D eigenvalue weighted by Gasteiger charge is -2.44. The molecule has 0 spiro atoms. The highest BCUT2D eigenvalue weighted by Gasteiger charge is 2.38. The van der Waals surface area contributed by atoms with E-state index in [4.69, 9.17) is 25.8 Å². The molecule has 5 atom stereocenters. The fourth-order valence-corrected chi connectivity index (χ4v) is 7.85. The van der Waals surface area contributed by atoms with Crippen LogP contribution < -0.4 is 14.4 Å². The van der Waals surface area contributed by atoms with Gasteiger partial charge in [0, 0.05) is 30.8 Å². The van der Waals surface area contributed by atoms with Gasteiger partial charge in [-0.3, -0.25) is 4.79 Å². The van der Waals surface area contributed by atoms with E-state index in [1.54, 1.807) is 32.2 Å². The number of nitrogens with zero attached hydrogens (tertiary/aromatic N) is 1. The summed E-state index contributed by atoms with van der Waals surface area (Å²) in [5, 5.41) is -0.0386. The number of carbonyl (C=O) groups is 1. The fraction of sp³-hybridized carbons (Fsp3) is 0.559. The summed E-state index contributed by atoms with van der Waals surface area (Å²) in [6, 6.07) is 11.2. The fourth-order valence-electron chi connectivity index (χ4n) is 6.52. The molecular formula is C34H45ClN2O6S. The molecule has 2 heterocycles. The van der Waals surface area contributed by atoms with Gasteiger partial charge in [-0.1, -0.05) is 36.7 Å². The van der Waals surface area contributed by atoms with E-state index in [2.05, 4.69) is 21.8 Å². The molecule has 44 heavy (non-hydrogen) atoms. The number of anilines is 1. The smallest absolute Gasteiger partial charge is 0.264 e. The molecule has 5 rings (SSSR count). The van der Waals surface area contributed by atoms with Crippen molar-refractivity contribution in [2.75, 3.05) is 38.3 Å². The first kappa shape index (κ1) is 32.8. The Morgan fingerprint density at radius 1 is 1.05 bits per heavy atom. The van der Waals surface area contributed by atoms with Gasteiger partial charge in [0.1, 0.15) is 12.4 Å². The maximum Gasteiger partial charge on any atom is 0.264 e. The van der Waals surface area contributed by atoms with E-state index in [9.17, 15) is 13.2 Å². The van der Waals surface area contributed by atoms with E-state index in [-0.39, 0.29) is 12.0 Å². The molecule has 1 saturated carbocycles. The van der Waals surface area contributed by atoms with Crippen LogP contribution in [-0.4, -0.2) is 59.1 Å². The molecule has 1 fully saturated rings. The Balaban J connectivity index is 1.53. The zero-order valence-corrected chi connectivity index (χ0v) is 27.5. The van der Waals surface area contributed by atoms with Crippen LogP contribution in [0.3, 0.4) is 0 Å². The van der Waals surface area contributed by atoms with Gasteiger partial charge in [-0.15, -0.1) is 0 Å². The number of fused-ring (bicyclic) bond motifs is 3. The molecule has 0 saturated heterocycles. The first-order valence-electron chi connectivity index (χ1n) is 15.8. The van der Waals surface area contributed by atoms with Crippen molar-refractivity contribution in [3.63, 3.8) is 0 Å². The van der Waals surface area contributed by atoms with Crippen molar-refractivity contribution < 1.29 is 27.4 Å². The van der Waals surface area contributed by atoms with Crippen LogP contribution in [0.25, 0.3) is 0 Å². The normalized spacial score (nSPS) is 28.2. The number of hydrogen-bond donors (Lipinski definition) is 1. The summed E-state index contributed by atoms with van der Waals surface area (Å²) >= 11 is 6.33. The number of benzene rings is 2. The number of ether oxygens (including phenoxy) is 3. The number of rotatable bonds is 4. The summed E-state index contributed by atoms with van der Waals surface area (Å²) in [6.07, 6.45) is 9.45. The number of methoxy groups -OCH3 is 1. The molecule has 240 valence electrons. The number of carbonyl (C=O) groups excluding carboxylic acids is 1. The number of amides is 1. The van der Waals surface area contributed by atoms with E-state index in [0.717, 1.165) is 56.4 Å². The summed E-state index contributed by atoms with van der Waals surface area (Å²) in [5.41, 5.74) is 3.37. The summed E-state index contributed by atoms with van der Waals surface area (Å²) in [5.74, 6) is 0.743. The third-order valence-corrected chi connectivity index (χ3v) is 11.2.